The molecule has 0 saturated carbocycles. The van der Waals surface area contributed by atoms with Gasteiger partial charge >= 0.3 is 0 Å². The summed E-state index contributed by atoms with van der Waals surface area (Å²) in [6.45, 7) is 1.67. The first-order valence-corrected chi connectivity index (χ1v) is 8.81. The van der Waals surface area contributed by atoms with E-state index in [2.05, 4.69) is 10.5 Å². The summed E-state index contributed by atoms with van der Waals surface area (Å²) in [4.78, 5) is 12.3. The Labute approximate surface area is 163 Å². The smallest absolute Gasteiger partial charge is 0.280 e. The molecule has 28 heavy (non-hydrogen) atoms. The average molecular weight is 378 g/mol. The molecule has 1 atom stereocenters. The molecule has 1 unspecified atom stereocenters. The van der Waals surface area contributed by atoms with E-state index >= 15 is 0 Å². The predicted molar refractivity (Wildman–Crippen MR) is 109 cm³/mol. The second kappa shape index (κ2) is 8.90. The number of hydrogen-bond donors (Lipinski definition) is 1. The van der Waals surface area contributed by atoms with Crippen molar-refractivity contribution >= 4 is 22.9 Å². The maximum atomic E-state index is 12.3. The quantitative estimate of drug-likeness (QED) is 0.502. The first kappa shape index (κ1) is 19.2. The Balaban J connectivity index is 1.61. The van der Waals surface area contributed by atoms with E-state index in [9.17, 15) is 4.79 Å². The van der Waals surface area contributed by atoms with Crippen LogP contribution >= 0.6 is 0 Å². The van der Waals surface area contributed by atoms with Crippen LogP contribution in [0.25, 0.3) is 10.8 Å². The molecule has 0 aliphatic heterocycles. The molecule has 0 heterocycles. The lowest BCUT2D eigenvalue weighted by atomic mass is 10.1. The molecule has 0 aliphatic rings. The fourth-order valence-electron chi connectivity index (χ4n) is 2.68. The van der Waals surface area contributed by atoms with Crippen LogP contribution in [0.15, 0.2) is 65.8 Å². The molecule has 0 fully saturated rings. The van der Waals surface area contributed by atoms with Gasteiger partial charge in [0.1, 0.15) is 17.2 Å². The largest absolute Gasteiger partial charge is 0.497 e. The summed E-state index contributed by atoms with van der Waals surface area (Å²) in [7, 11) is 3.14. The Bertz CT molecular complexity index is 1000. The molecule has 6 nitrogen and oxygen atoms in total. The number of hydrazone groups is 1. The summed E-state index contributed by atoms with van der Waals surface area (Å²) in [6, 6.07) is 19.0. The number of fused-ring (bicyclic) bond motifs is 1. The van der Waals surface area contributed by atoms with Gasteiger partial charge in [0, 0.05) is 11.6 Å². The third-order valence-corrected chi connectivity index (χ3v) is 4.22. The molecular weight excluding hydrogens is 356 g/mol. The maximum Gasteiger partial charge on any atom is 0.280 e. The lowest BCUT2D eigenvalue weighted by molar-refractivity contribution is -0.127. The van der Waals surface area contributed by atoms with E-state index in [1.807, 2.05) is 42.5 Å². The number of benzene rings is 3. The molecule has 0 aromatic heterocycles. The second-order valence-corrected chi connectivity index (χ2v) is 6.11. The maximum absolute atomic E-state index is 12.3. The van der Waals surface area contributed by atoms with Gasteiger partial charge in [0.15, 0.2) is 6.10 Å². The summed E-state index contributed by atoms with van der Waals surface area (Å²) in [5, 5.41) is 6.16. The van der Waals surface area contributed by atoms with Crippen LogP contribution in [0.3, 0.4) is 0 Å². The highest BCUT2D eigenvalue weighted by Gasteiger charge is 2.14. The van der Waals surface area contributed by atoms with Crippen molar-refractivity contribution in [2.45, 2.75) is 13.0 Å². The van der Waals surface area contributed by atoms with Crippen molar-refractivity contribution in [1.29, 1.82) is 0 Å². The zero-order valence-corrected chi connectivity index (χ0v) is 16.0. The topological polar surface area (TPSA) is 69.2 Å². The van der Waals surface area contributed by atoms with Crippen molar-refractivity contribution < 1.29 is 19.0 Å². The van der Waals surface area contributed by atoms with Gasteiger partial charge < -0.3 is 14.2 Å². The molecule has 3 aromatic carbocycles. The number of nitrogens with one attached hydrogen (secondary N) is 1. The van der Waals surface area contributed by atoms with Crippen LogP contribution in [0.1, 0.15) is 12.5 Å². The van der Waals surface area contributed by atoms with Crippen molar-refractivity contribution in [2.24, 2.45) is 5.10 Å². The molecule has 0 saturated heterocycles. The van der Waals surface area contributed by atoms with Gasteiger partial charge in [-0.05, 0) is 42.0 Å². The van der Waals surface area contributed by atoms with Crippen molar-refractivity contribution in [1.82, 2.24) is 5.43 Å². The zero-order valence-electron chi connectivity index (χ0n) is 16.0. The Hall–Kier alpha value is -3.54. The van der Waals surface area contributed by atoms with Crippen LogP contribution in [-0.4, -0.2) is 32.4 Å². The van der Waals surface area contributed by atoms with Crippen molar-refractivity contribution in [3.05, 3.63) is 66.2 Å². The summed E-state index contributed by atoms with van der Waals surface area (Å²) in [6.07, 6.45) is 0.815. The minimum absolute atomic E-state index is 0.350. The Morgan fingerprint density at radius 3 is 2.46 bits per heavy atom. The van der Waals surface area contributed by atoms with Crippen LogP contribution in [0.2, 0.25) is 0 Å². The molecule has 0 radical (unpaired) electrons. The fraction of sp³-hybridized carbons (Fsp3) is 0.182. The summed E-state index contributed by atoms with van der Waals surface area (Å²) < 4.78 is 16.2. The standard InChI is InChI=1S/C22H22N2O4/c1-15(28-20-11-8-16-6-4-5-7-17(16)12-20)22(25)24-23-14-18-9-10-19(26-2)13-21(18)27-3/h4-15H,1-3H3,(H,24,25)/b23-14+. The molecule has 3 rings (SSSR count). The van der Waals surface area contributed by atoms with Crippen LogP contribution in [0, 0.1) is 0 Å². The highest BCUT2D eigenvalue weighted by molar-refractivity contribution is 5.87. The van der Waals surface area contributed by atoms with Gasteiger partial charge in [-0.1, -0.05) is 30.3 Å². The average Bonchev–Trinajstić information content (AvgIpc) is 2.73. The van der Waals surface area contributed by atoms with Gasteiger partial charge in [-0.2, -0.15) is 5.10 Å². The number of carbonyl (C=O) groups is 1. The van der Waals surface area contributed by atoms with E-state index in [4.69, 9.17) is 14.2 Å². The molecule has 0 bridgehead atoms. The normalized spacial score (nSPS) is 12.0. The van der Waals surface area contributed by atoms with Gasteiger partial charge in [-0.3, -0.25) is 4.79 Å². The third kappa shape index (κ3) is 4.59. The van der Waals surface area contributed by atoms with E-state index in [-0.39, 0.29) is 5.91 Å². The molecule has 0 spiro atoms. The monoisotopic (exact) mass is 378 g/mol. The van der Waals surface area contributed by atoms with E-state index in [0.717, 1.165) is 10.8 Å². The minimum Gasteiger partial charge on any atom is -0.497 e. The van der Waals surface area contributed by atoms with E-state index in [1.54, 1.807) is 39.3 Å². The zero-order chi connectivity index (χ0) is 19.9. The van der Waals surface area contributed by atoms with Gasteiger partial charge in [-0.25, -0.2) is 5.43 Å². The second-order valence-electron chi connectivity index (χ2n) is 6.11. The molecule has 1 amide bonds. The Morgan fingerprint density at radius 1 is 0.964 bits per heavy atom. The van der Waals surface area contributed by atoms with Crippen molar-refractivity contribution in [3.63, 3.8) is 0 Å². The highest BCUT2D eigenvalue weighted by Crippen LogP contribution is 2.23. The Kier molecular flexibility index (Phi) is 6.11. The minimum atomic E-state index is -0.698. The van der Waals surface area contributed by atoms with E-state index in [1.165, 1.54) is 6.21 Å². The Morgan fingerprint density at radius 2 is 1.71 bits per heavy atom. The number of ether oxygens (including phenoxy) is 3. The molecule has 3 aromatic rings. The first-order valence-electron chi connectivity index (χ1n) is 8.81. The summed E-state index contributed by atoms with van der Waals surface area (Å²) in [5.41, 5.74) is 3.20. The van der Waals surface area contributed by atoms with Gasteiger partial charge in [0.25, 0.3) is 5.91 Å². The fourth-order valence-corrected chi connectivity index (χ4v) is 2.68. The number of methoxy groups -OCH3 is 2. The SMILES string of the molecule is COc1ccc(/C=N/NC(=O)C(C)Oc2ccc3ccccc3c2)c(OC)c1. The lowest BCUT2D eigenvalue weighted by Gasteiger charge is -2.13. The van der Waals surface area contributed by atoms with Gasteiger partial charge in [0.05, 0.1) is 20.4 Å². The van der Waals surface area contributed by atoms with Crippen LogP contribution in [0.4, 0.5) is 0 Å². The van der Waals surface area contributed by atoms with Crippen LogP contribution in [-0.2, 0) is 4.79 Å². The molecule has 144 valence electrons. The van der Waals surface area contributed by atoms with E-state index < -0.39 is 6.10 Å². The summed E-state index contributed by atoms with van der Waals surface area (Å²) >= 11 is 0. The van der Waals surface area contributed by atoms with Crippen molar-refractivity contribution in [3.8, 4) is 17.2 Å². The lowest BCUT2D eigenvalue weighted by Crippen LogP contribution is -2.33. The number of hydrogen-bond acceptors (Lipinski definition) is 5. The van der Waals surface area contributed by atoms with Crippen LogP contribution in [0.5, 0.6) is 17.2 Å². The number of amides is 1. The third-order valence-electron chi connectivity index (χ3n) is 4.22. The van der Waals surface area contributed by atoms with Crippen molar-refractivity contribution in [2.75, 3.05) is 14.2 Å². The molecule has 0 aliphatic carbocycles. The predicted octanol–water partition coefficient (Wildman–Crippen LogP) is 3.77. The number of carbonyl (C=O) groups excluding carboxylic acids is 1. The highest BCUT2D eigenvalue weighted by atomic mass is 16.5. The first-order chi connectivity index (χ1) is 13.6. The van der Waals surface area contributed by atoms with E-state index in [0.29, 0.717) is 22.8 Å². The van der Waals surface area contributed by atoms with Crippen LogP contribution < -0.4 is 19.6 Å². The number of rotatable bonds is 7. The molecule has 1 N–H and O–H groups in total. The van der Waals surface area contributed by atoms with Gasteiger partial charge in [-0.15, -0.1) is 0 Å². The summed E-state index contributed by atoms with van der Waals surface area (Å²) in [5.74, 6) is 1.55. The molecular formula is C22H22N2O4. The number of nitrogens with zero attached hydrogens (tertiary/aromatic N) is 1. The molecule has 6 heteroatoms. The van der Waals surface area contributed by atoms with Gasteiger partial charge in [0.2, 0.25) is 0 Å².